The van der Waals surface area contributed by atoms with E-state index in [0.717, 1.165) is 12.8 Å². The molecule has 1 aromatic rings. The van der Waals surface area contributed by atoms with Gasteiger partial charge in [-0.2, -0.15) is 0 Å². The van der Waals surface area contributed by atoms with E-state index in [-0.39, 0.29) is 5.91 Å². The van der Waals surface area contributed by atoms with Crippen LogP contribution < -0.4 is 10.6 Å². The highest BCUT2D eigenvalue weighted by Crippen LogP contribution is 2.19. The van der Waals surface area contributed by atoms with Gasteiger partial charge in [0, 0.05) is 18.2 Å². The van der Waals surface area contributed by atoms with E-state index in [9.17, 15) is 14.4 Å². The molecule has 0 spiro atoms. The summed E-state index contributed by atoms with van der Waals surface area (Å²) in [5.41, 5.74) is 1.50. The number of carboxylic acids is 1. The molecule has 1 rings (SSSR count). The van der Waals surface area contributed by atoms with E-state index in [1.165, 1.54) is 6.92 Å². The third-order valence-electron chi connectivity index (χ3n) is 3.34. The molecule has 0 bridgehead atoms. The molecule has 1 atom stereocenters. The van der Waals surface area contributed by atoms with Crippen molar-refractivity contribution in [3.05, 3.63) is 29.3 Å². The van der Waals surface area contributed by atoms with Gasteiger partial charge < -0.3 is 15.7 Å². The molecule has 2 amide bonds. The number of amides is 2. The number of hydrogen-bond acceptors (Lipinski definition) is 3. The number of rotatable bonds is 7. The molecular weight excluding hydrogens is 284 g/mol. The summed E-state index contributed by atoms with van der Waals surface area (Å²) in [6.07, 6.45) is 1.97. The Bertz CT molecular complexity index is 569. The predicted octanol–water partition coefficient (Wildman–Crippen LogP) is 2.33. The van der Waals surface area contributed by atoms with Crippen LogP contribution >= 0.6 is 0 Å². The van der Waals surface area contributed by atoms with Gasteiger partial charge in [0.1, 0.15) is 6.04 Å². The van der Waals surface area contributed by atoms with E-state index < -0.39 is 17.9 Å². The normalized spacial score (nSPS) is 11.6. The maximum atomic E-state index is 12.3. The Morgan fingerprint density at radius 3 is 2.50 bits per heavy atom. The molecule has 1 unspecified atom stereocenters. The van der Waals surface area contributed by atoms with E-state index in [1.54, 1.807) is 25.1 Å². The molecule has 22 heavy (non-hydrogen) atoms. The van der Waals surface area contributed by atoms with Crippen molar-refractivity contribution in [2.75, 3.05) is 5.32 Å². The summed E-state index contributed by atoms with van der Waals surface area (Å²) in [7, 11) is 0. The second kappa shape index (κ2) is 8.17. The number of carbonyl (C=O) groups is 3. The molecular formula is C16H22N2O4. The maximum absolute atomic E-state index is 12.3. The van der Waals surface area contributed by atoms with Crippen LogP contribution in [0.5, 0.6) is 0 Å². The standard InChI is InChI=1S/C16H22N2O4/c1-4-5-8-14(16(21)22)18-15(20)12-7-6-9-13(10(12)2)17-11(3)19/h6-7,9,14H,4-5,8H2,1-3H3,(H,17,19)(H,18,20)(H,21,22). The molecule has 0 aromatic heterocycles. The van der Waals surface area contributed by atoms with Crippen LogP contribution in [-0.2, 0) is 9.59 Å². The van der Waals surface area contributed by atoms with Crippen LogP contribution in [0.15, 0.2) is 18.2 Å². The molecule has 0 aliphatic carbocycles. The molecule has 120 valence electrons. The first-order chi connectivity index (χ1) is 10.4. The Hall–Kier alpha value is -2.37. The highest BCUT2D eigenvalue weighted by Gasteiger charge is 2.21. The fourth-order valence-electron chi connectivity index (χ4n) is 2.11. The lowest BCUT2D eigenvalue weighted by Gasteiger charge is -2.16. The van der Waals surface area contributed by atoms with E-state index in [2.05, 4.69) is 10.6 Å². The van der Waals surface area contributed by atoms with Crippen LogP contribution in [0.4, 0.5) is 5.69 Å². The minimum absolute atomic E-state index is 0.230. The number of carboxylic acid groups (broad SMARTS) is 1. The van der Waals surface area contributed by atoms with Gasteiger partial charge in [-0.05, 0) is 31.0 Å². The molecule has 3 N–H and O–H groups in total. The molecule has 0 fully saturated rings. The predicted molar refractivity (Wildman–Crippen MR) is 83.9 cm³/mol. The van der Waals surface area contributed by atoms with Crippen LogP contribution in [0.3, 0.4) is 0 Å². The van der Waals surface area contributed by atoms with Gasteiger partial charge in [-0.25, -0.2) is 4.79 Å². The quantitative estimate of drug-likeness (QED) is 0.720. The first-order valence-corrected chi connectivity index (χ1v) is 7.27. The zero-order chi connectivity index (χ0) is 16.7. The van der Waals surface area contributed by atoms with Crippen molar-refractivity contribution in [2.24, 2.45) is 0 Å². The molecule has 0 heterocycles. The van der Waals surface area contributed by atoms with Crippen molar-refractivity contribution in [2.45, 2.75) is 46.1 Å². The fourth-order valence-corrected chi connectivity index (χ4v) is 2.11. The van der Waals surface area contributed by atoms with Crippen molar-refractivity contribution in [3.63, 3.8) is 0 Å². The summed E-state index contributed by atoms with van der Waals surface area (Å²) in [6, 6.07) is 4.04. The van der Waals surface area contributed by atoms with Crippen molar-refractivity contribution in [3.8, 4) is 0 Å². The van der Waals surface area contributed by atoms with Gasteiger partial charge in [0.2, 0.25) is 5.91 Å². The van der Waals surface area contributed by atoms with Gasteiger partial charge in [-0.15, -0.1) is 0 Å². The number of benzene rings is 1. The van der Waals surface area contributed by atoms with Crippen molar-refractivity contribution in [1.29, 1.82) is 0 Å². The second-order valence-corrected chi connectivity index (χ2v) is 5.17. The topological polar surface area (TPSA) is 95.5 Å². The lowest BCUT2D eigenvalue weighted by atomic mass is 10.0. The van der Waals surface area contributed by atoms with Gasteiger partial charge in [0.15, 0.2) is 0 Å². The highest BCUT2D eigenvalue weighted by molar-refractivity contribution is 6.00. The van der Waals surface area contributed by atoms with Gasteiger partial charge >= 0.3 is 5.97 Å². The van der Waals surface area contributed by atoms with E-state index in [4.69, 9.17) is 5.11 Å². The lowest BCUT2D eigenvalue weighted by molar-refractivity contribution is -0.139. The Labute approximate surface area is 129 Å². The van der Waals surface area contributed by atoms with Crippen LogP contribution in [0.1, 0.15) is 49.0 Å². The number of nitrogens with one attached hydrogen (secondary N) is 2. The molecule has 6 heteroatoms. The second-order valence-electron chi connectivity index (χ2n) is 5.17. The summed E-state index contributed by atoms with van der Waals surface area (Å²) >= 11 is 0. The third kappa shape index (κ3) is 4.87. The Morgan fingerprint density at radius 2 is 1.95 bits per heavy atom. The van der Waals surface area contributed by atoms with Crippen LogP contribution in [-0.4, -0.2) is 28.9 Å². The average molecular weight is 306 g/mol. The van der Waals surface area contributed by atoms with Gasteiger partial charge in [0.05, 0.1) is 0 Å². The molecule has 0 aliphatic rings. The molecule has 0 saturated heterocycles. The Balaban J connectivity index is 2.92. The van der Waals surface area contributed by atoms with Crippen LogP contribution in [0.25, 0.3) is 0 Å². The summed E-state index contributed by atoms with van der Waals surface area (Å²) in [6.45, 7) is 5.06. The monoisotopic (exact) mass is 306 g/mol. The van der Waals surface area contributed by atoms with Gasteiger partial charge in [-0.3, -0.25) is 9.59 Å². The number of aliphatic carboxylic acids is 1. The van der Waals surface area contributed by atoms with Gasteiger partial charge in [-0.1, -0.05) is 25.8 Å². The zero-order valence-corrected chi connectivity index (χ0v) is 13.1. The number of unbranched alkanes of at least 4 members (excludes halogenated alkanes) is 1. The molecule has 6 nitrogen and oxygen atoms in total. The summed E-state index contributed by atoms with van der Waals surface area (Å²) < 4.78 is 0. The minimum atomic E-state index is -1.04. The van der Waals surface area contributed by atoms with Crippen molar-refractivity contribution >= 4 is 23.5 Å². The highest BCUT2D eigenvalue weighted by atomic mass is 16.4. The smallest absolute Gasteiger partial charge is 0.326 e. The Kier molecular flexibility index (Phi) is 6.56. The SMILES string of the molecule is CCCCC(NC(=O)c1cccc(NC(C)=O)c1C)C(=O)O. The van der Waals surface area contributed by atoms with Crippen molar-refractivity contribution < 1.29 is 19.5 Å². The minimum Gasteiger partial charge on any atom is -0.480 e. The summed E-state index contributed by atoms with van der Waals surface area (Å²) in [5.74, 6) is -1.72. The maximum Gasteiger partial charge on any atom is 0.326 e. The zero-order valence-electron chi connectivity index (χ0n) is 13.1. The molecule has 0 saturated carbocycles. The summed E-state index contributed by atoms with van der Waals surface area (Å²) in [5, 5.41) is 14.3. The largest absolute Gasteiger partial charge is 0.480 e. The van der Waals surface area contributed by atoms with Gasteiger partial charge in [0.25, 0.3) is 5.91 Å². The number of hydrogen-bond donors (Lipinski definition) is 3. The summed E-state index contributed by atoms with van der Waals surface area (Å²) in [4.78, 5) is 34.6. The average Bonchev–Trinajstić information content (AvgIpc) is 2.44. The molecule has 0 radical (unpaired) electrons. The Morgan fingerprint density at radius 1 is 1.27 bits per heavy atom. The first-order valence-electron chi connectivity index (χ1n) is 7.27. The third-order valence-corrected chi connectivity index (χ3v) is 3.34. The van der Waals surface area contributed by atoms with E-state index in [1.807, 2.05) is 6.92 Å². The molecule has 1 aromatic carbocycles. The van der Waals surface area contributed by atoms with E-state index >= 15 is 0 Å². The first kappa shape index (κ1) is 17.7. The number of carbonyl (C=O) groups excluding carboxylic acids is 2. The molecule has 0 aliphatic heterocycles. The van der Waals surface area contributed by atoms with Crippen LogP contribution in [0, 0.1) is 6.92 Å². The van der Waals surface area contributed by atoms with Crippen LogP contribution in [0.2, 0.25) is 0 Å². The lowest BCUT2D eigenvalue weighted by Crippen LogP contribution is -2.41. The fraction of sp³-hybridized carbons (Fsp3) is 0.438. The number of anilines is 1. The van der Waals surface area contributed by atoms with E-state index in [0.29, 0.717) is 23.2 Å². The van der Waals surface area contributed by atoms with Crippen molar-refractivity contribution in [1.82, 2.24) is 5.32 Å².